The van der Waals surface area contributed by atoms with Gasteiger partial charge in [-0.25, -0.2) is 15.0 Å². The van der Waals surface area contributed by atoms with Gasteiger partial charge in [-0.05, 0) is 37.9 Å². The van der Waals surface area contributed by atoms with Gasteiger partial charge in [-0.3, -0.25) is 9.69 Å². The molecule has 1 aliphatic rings. The predicted molar refractivity (Wildman–Crippen MR) is 119 cm³/mol. The summed E-state index contributed by atoms with van der Waals surface area (Å²) in [6, 6.07) is 5.96. The summed E-state index contributed by atoms with van der Waals surface area (Å²) in [6.45, 7) is 4.42. The Balaban J connectivity index is 1.41. The first-order chi connectivity index (χ1) is 15.6. The second-order valence-electron chi connectivity index (χ2n) is 7.55. The molecule has 0 saturated carbocycles. The molecule has 1 saturated heterocycles. The molecule has 3 aromatic rings. The third-order valence-corrected chi connectivity index (χ3v) is 5.90. The van der Waals surface area contributed by atoms with E-state index in [0.717, 1.165) is 37.2 Å². The summed E-state index contributed by atoms with van der Waals surface area (Å²) in [5.74, 6) is 1.32. The lowest BCUT2D eigenvalue weighted by Gasteiger charge is -2.30. The Hall–Kier alpha value is -3.49. The monoisotopic (exact) mass is 449 g/mol. The summed E-state index contributed by atoms with van der Waals surface area (Å²) in [4.78, 5) is 28.0. The Kier molecular flexibility index (Phi) is 6.94. The highest BCUT2D eigenvalue weighted by molar-refractivity contribution is 7.14. The van der Waals surface area contributed by atoms with E-state index in [1.807, 2.05) is 13.0 Å². The minimum Gasteiger partial charge on any atom is -0.347 e. The van der Waals surface area contributed by atoms with Gasteiger partial charge in [0.1, 0.15) is 17.3 Å². The molecule has 2 N–H and O–H groups in total. The third-order valence-electron chi connectivity index (χ3n) is 5.15. The van der Waals surface area contributed by atoms with Crippen LogP contribution >= 0.6 is 11.3 Å². The van der Waals surface area contributed by atoms with Crippen LogP contribution in [0.4, 0.5) is 10.9 Å². The van der Waals surface area contributed by atoms with Crippen LogP contribution in [-0.4, -0.2) is 55.6 Å². The topological polar surface area (TPSA) is 133 Å². The zero-order valence-electron chi connectivity index (χ0n) is 17.7. The SMILES string of the molecule is Cc1nc(Nc2nc(C(=O)NCc3ccnnc3)cs2)cc([C@H]2CCCN(CC#N)C2)n1. The number of carbonyl (C=O) groups is 1. The van der Waals surface area contributed by atoms with Crippen LogP contribution in [0.25, 0.3) is 0 Å². The van der Waals surface area contributed by atoms with Gasteiger partial charge < -0.3 is 10.6 Å². The van der Waals surface area contributed by atoms with Crippen molar-refractivity contribution in [2.75, 3.05) is 25.0 Å². The van der Waals surface area contributed by atoms with E-state index in [0.29, 0.717) is 35.6 Å². The van der Waals surface area contributed by atoms with Gasteiger partial charge in [0.25, 0.3) is 5.91 Å². The summed E-state index contributed by atoms with van der Waals surface area (Å²) in [7, 11) is 0. The fourth-order valence-electron chi connectivity index (χ4n) is 3.65. The van der Waals surface area contributed by atoms with E-state index < -0.39 is 0 Å². The molecule has 1 atom stereocenters. The number of likely N-dealkylation sites (tertiary alicyclic amines) is 1. The lowest BCUT2D eigenvalue weighted by molar-refractivity contribution is 0.0946. The molecule has 164 valence electrons. The van der Waals surface area contributed by atoms with Crippen LogP contribution in [0.1, 0.15) is 46.3 Å². The third kappa shape index (κ3) is 5.60. The number of hydrogen-bond donors (Lipinski definition) is 2. The molecular formula is C21H23N9OS. The smallest absolute Gasteiger partial charge is 0.271 e. The minimum atomic E-state index is -0.259. The largest absolute Gasteiger partial charge is 0.347 e. The highest BCUT2D eigenvalue weighted by Gasteiger charge is 2.23. The molecule has 32 heavy (non-hydrogen) atoms. The normalized spacial score (nSPS) is 16.3. The summed E-state index contributed by atoms with van der Waals surface area (Å²) >= 11 is 1.34. The number of anilines is 2. The molecule has 10 nitrogen and oxygen atoms in total. The number of nitrogens with zero attached hydrogens (tertiary/aromatic N) is 7. The molecule has 0 aromatic carbocycles. The standard InChI is InChI=1S/C21H23N9OS/c1-14-26-17(16-3-2-7-30(12-16)8-5-22)9-19(27-14)29-21-28-18(13-32-21)20(31)23-10-15-4-6-24-25-11-15/h4,6,9,11,13,16H,2-3,7-8,10,12H2,1H3,(H,23,31)(H,26,27,28,29)/t16-/m0/s1. The number of thiazole rings is 1. The van der Waals surface area contributed by atoms with Crippen molar-refractivity contribution in [1.82, 2.24) is 35.4 Å². The van der Waals surface area contributed by atoms with Gasteiger partial charge >= 0.3 is 0 Å². The van der Waals surface area contributed by atoms with Crippen molar-refractivity contribution in [2.45, 2.75) is 32.2 Å². The van der Waals surface area contributed by atoms with E-state index >= 15 is 0 Å². The molecule has 0 unspecified atom stereocenters. The van der Waals surface area contributed by atoms with E-state index in [4.69, 9.17) is 5.26 Å². The van der Waals surface area contributed by atoms with Gasteiger partial charge in [-0.1, -0.05) is 0 Å². The Bertz CT molecular complexity index is 1110. The number of amides is 1. The Morgan fingerprint density at radius 2 is 2.25 bits per heavy atom. The van der Waals surface area contributed by atoms with Crippen molar-refractivity contribution in [2.24, 2.45) is 0 Å². The second-order valence-corrected chi connectivity index (χ2v) is 8.41. The predicted octanol–water partition coefficient (Wildman–Crippen LogP) is 2.41. The zero-order valence-corrected chi connectivity index (χ0v) is 18.5. The molecule has 1 aliphatic heterocycles. The van der Waals surface area contributed by atoms with Crippen LogP contribution in [0.3, 0.4) is 0 Å². The number of aromatic nitrogens is 5. The average molecular weight is 450 g/mol. The van der Waals surface area contributed by atoms with Crippen LogP contribution in [0.2, 0.25) is 0 Å². The average Bonchev–Trinajstić information content (AvgIpc) is 3.27. The van der Waals surface area contributed by atoms with Crippen molar-refractivity contribution < 1.29 is 4.79 Å². The van der Waals surface area contributed by atoms with Crippen molar-refractivity contribution in [3.8, 4) is 6.07 Å². The van der Waals surface area contributed by atoms with Crippen LogP contribution in [0.5, 0.6) is 0 Å². The minimum absolute atomic E-state index is 0.259. The maximum absolute atomic E-state index is 12.4. The maximum Gasteiger partial charge on any atom is 0.271 e. The summed E-state index contributed by atoms with van der Waals surface area (Å²) in [5, 5.41) is 24.8. The van der Waals surface area contributed by atoms with E-state index in [1.165, 1.54) is 11.3 Å². The highest BCUT2D eigenvalue weighted by atomic mass is 32.1. The van der Waals surface area contributed by atoms with E-state index in [-0.39, 0.29) is 11.8 Å². The van der Waals surface area contributed by atoms with Crippen molar-refractivity contribution in [3.05, 3.63) is 52.7 Å². The fraction of sp³-hybridized carbons (Fsp3) is 0.381. The molecule has 11 heteroatoms. The van der Waals surface area contributed by atoms with Crippen LogP contribution in [0.15, 0.2) is 29.9 Å². The van der Waals surface area contributed by atoms with Gasteiger partial charge in [0, 0.05) is 36.7 Å². The first-order valence-corrected chi connectivity index (χ1v) is 11.2. The lowest BCUT2D eigenvalue weighted by atomic mass is 9.94. The molecule has 4 rings (SSSR count). The first-order valence-electron chi connectivity index (χ1n) is 10.3. The first kappa shape index (κ1) is 21.7. The molecule has 1 amide bonds. The van der Waals surface area contributed by atoms with Crippen LogP contribution in [0, 0.1) is 18.3 Å². The zero-order chi connectivity index (χ0) is 22.3. The maximum atomic E-state index is 12.4. The molecule has 0 radical (unpaired) electrons. The number of nitriles is 1. The summed E-state index contributed by atoms with van der Waals surface area (Å²) in [5.41, 5.74) is 2.16. The molecule has 0 spiro atoms. The van der Waals surface area contributed by atoms with Crippen LogP contribution < -0.4 is 10.6 Å². The molecule has 3 aromatic heterocycles. The second kappa shape index (κ2) is 10.2. The quantitative estimate of drug-likeness (QED) is 0.522. The Morgan fingerprint density at radius 3 is 3.06 bits per heavy atom. The molecule has 1 fully saturated rings. The van der Waals surface area contributed by atoms with E-state index in [9.17, 15) is 4.79 Å². The number of carbonyl (C=O) groups excluding carboxylic acids is 1. The van der Waals surface area contributed by atoms with Gasteiger partial charge in [-0.2, -0.15) is 15.5 Å². The molecule has 0 aliphatic carbocycles. The molecule has 4 heterocycles. The number of piperidine rings is 1. The number of rotatable bonds is 7. The fourth-order valence-corrected chi connectivity index (χ4v) is 4.34. The molecular weight excluding hydrogens is 426 g/mol. The number of hydrogen-bond acceptors (Lipinski definition) is 10. The Morgan fingerprint density at radius 1 is 1.34 bits per heavy atom. The lowest BCUT2D eigenvalue weighted by Crippen LogP contribution is -2.35. The number of aryl methyl sites for hydroxylation is 1. The van der Waals surface area contributed by atoms with Crippen LogP contribution in [-0.2, 0) is 6.54 Å². The van der Waals surface area contributed by atoms with Crippen molar-refractivity contribution >= 4 is 28.2 Å². The van der Waals surface area contributed by atoms with Crippen molar-refractivity contribution in [1.29, 1.82) is 5.26 Å². The number of nitrogens with one attached hydrogen (secondary N) is 2. The van der Waals surface area contributed by atoms with Gasteiger partial charge in [0.05, 0.1) is 24.5 Å². The molecule has 0 bridgehead atoms. The van der Waals surface area contributed by atoms with E-state index in [2.05, 4.69) is 46.8 Å². The summed E-state index contributed by atoms with van der Waals surface area (Å²) < 4.78 is 0. The van der Waals surface area contributed by atoms with Gasteiger partial charge in [-0.15, -0.1) is 11.3 Å². The van der Waals surface area contributed by atoms with E-state index in [1.54, 1.807) is 23.8 Å². The van der Waals surface area contributed by atoms with Crippen molar-refractivity contribution in [3.63, 3.8) is 0 Å². The summed E-state index contributed by atoms with van der Waals surface area (Å²) in [6.07, 6.45) is 5.26. The van der Waals surface area contributed by atoms with Gasteiger partial charge in [0.15, 0.2) is 5.13 Å². The highest BCUT2D eigenvalue weighted by Crippen LogP contribution is 2.28. The Labute approximate surface area is 189 Å². The van der Waals surface area contributed by atoms with Gasteiger partial charge in [0.2, 0.25) is 0 Å².